The third-order valence-electron chi connectivity index (χ3n) is 6.44. The van der Waals surface area contributed by atoms with Crippen LogP contribution in [0.2, 0.25) is 0 Å². The quantitative estimate of drug-likeness (QED) is 0.447. The average molecular weight is 479 g/mol. The Bertz CT molecular complexity index is 1270. The summed E-state index contributed by atoms with van der Waals surface area (Å²) in [5.74, 6) is -0.219. The van der Waals surface area contributed by atoms with Gasteiger partial charge in [0.15, 0.2) is 12.5 Å². The highest BCUT2D eigenvalue weighted by molar-refractivity contribution is 5.99. The Hall–Kier alpha value is -4.26. The van der Waals surface area contributed by atoms with Gasteiger partial charge >= 0.3 is 0 Å². The van der Waals surface area contributed by atoms with Crippen LogP contribution in [0.1, 0.15) is 55.4 Å². The highest BCUT2D eigenvalue weighted by Gasteiger charge is 2.35. The van der Waals surface area contributed by atoms with Crippen LogP contribution in [0.5, 0.6) is 0 Å². The van der Waals surface area contributed by atoms with Crippen molar-refractivity contribution in [2.75, 3.05) is 0 Å². The summed E-state index contributed by atoms with van der Waals surface area (Å²) < 4.78 is 0. The Balaban J connectivity index is 0.000000148. The highest BCUT2D eigenvalue weighted by atomic mass is 16.3. The first-order chi connectivity index (χ1) is 17.5. The van der Waals surface area contributed by atoms with E-state index >= 15 is 0 Å². The Morgan fingerprint density at radius 2 is 0.833 bits per heavy atom. The minimum absolute atomic E-state index is 0.109. The van der Waals surface area contributed by atoms with Gasteiger partial charge in [0, 0.05) is 35.3 Å². The van der Waals surface area contributed by atoms with Crippen molar-refractivity contribution in [3.05, 3.63) is 143 Å². The molecule has 2 unspecified atom stereocenters. The fourth-order valence-electron chi connectivity index (χ4n) is 4.58. The number of rotatable bonds is 4. The van der Waals surface area contributed by atoms with E-state index < -0.39 is 12.5 Å². The average Bonchev–Trinajstić information content (AvgIpc) is 3.31. The maximum Gasteiger partial charge on any atom is 0.256 e. The number of nitrogens with zero attached hydrogens (tertiary/aromatic N) is 2. The molecular weight excluding hydrogens is 452 g/mol. The van der Waals surface area contributed by atoms with Crippen molar-refractivity contribution in [1.29, 1.82) is 0 Å². The number of hydrogen-bond acceptors (Lipinski definition) is 4. The molecule has 2 aliphatic rings. The molecule has 0 saturated heterocycles. The van der Waals surface area contributed by atoms with E-state index in [1.165, 1.54) is 9.80 Å². The lowest BCUT2D eigenvalue weighted by Gasteiger charge is -2.20. The first-order valence-electron chi connectivity index (χ1n) is 11.8. The second-order valence-electron chi connectivity index (χ2n) is 8.76. The molecule has 6 heteroatoms. The van der Waals surface area contributed by atoms with Gasteiger partial charge in [-0.15, -0.1) is 0 Å². The van der Waals surface area contributed by atoms with Crippen molar-refractivity contribution in [3.63, 3.8) is 0 Å². The van der Waals surface area contributed by atoms with Gasteiger partial charge in [0.2, 0.25) is 0 Å². The Kier molecular flexibility index (Phi) is 6.62. The molecule has 4 aromatic carbocycles. The molecule has 0 radical (unpaired) electrons. The summed E-state index contributed by atoms with van der Waals surface area (Å²) in [6, 6.07) is 33.8. The number of hydrogen-bond donors (Lipinski definition) is 2. The van der Waals surface area contributed by atoms with E-state index in [9.17, 15) is 19.8 Å². The molecule has 0 spiro atoms. The van der Waals surface area contributed by atoms with Gasteiger partial charge in [-0.2, -0.15) is 0 Å². The van der Waals surface area contributed by atoms with E-state index in [1.807, 2.05) is 84.9 Å². The molecule has 2 N–H and O–H groups in total. The van der Waals surface area contributed by atoms with E-state index in [-0.39, 0.29) is 11.8 Å². The van der Waals surface area contributed by atoms with Crippen LogP contribution in [0.25, 0.3) is 0 Å². The summed E-state index contributed by atoms with van der Waals surface area (Å²) in [5.41, 5.74) is 4.61. The third-order valence-corrected chi connectivity index (χ3v) is 6.44. The summed E-state index contributed by atoms with van der Waals surface area (Å²) in [5, 5.41) is 20.4. The van der Waals surface area contributed by atoms with Gasteiger partial charge in [0.05, 0.1) is 0 Å². The maximum atomic E-state index is 12.2. The van der Waals surface area contributed by atoms with Crippen LogP contribution in [0.4, 0.5) is 0 Å². The molecule has 180 valence electrons. The maximum absolute atomic E-state index is 12.2. The molecule has 2 amide bonds. The minimum atomic E-state index is -0.839. The molecule has 0 aliphatic carbocycles. The fourth-order valence-corrected chi connectivity index (χ4v) is 4.58. The fraction of sp³-hybridized carbons (Fsp3) is 0.133. The first-order valence-corrected chi connectivity index (χ1v) is 11.8. The standard InChI is InChI=1S/2C15H13NO2/c2*17-14-12-8-4-5-9-13(12)15(18)16(14)10-11-6-2-1-3-7-11/h2*1-9,14,17H,10H2. The van der Waals surface area contributed by atoms with Crippen LogP contribution in [0.3, 0.4) is 0 Å². The Morgan fingerprint density at radius 3 is 1.19 bits per heavy atom. The molecule has 2 atom stereocenters. The Morgan fingerprint density at radius 1 is 0.500 bits per heavy atom. The molecular formula is C30H26N2O4. The normalized spacial score (nSPS) is 17.9. The zero-order valence-electron chi connectivity index (χ0n) is 19.6. The molecule has 36 heavy (non-hydrogen) atoms. The zero-order valence-corrected chi connectivity index (χ0v) is 19.6. The first kappa shape index (κ1) is 23.5. The second-order valence-corrected chi connectivity index (χ2v) is 8.76. The number of benzene rings is 4. The second kappa shape index (κ2) is 10.2. The third kappa shape index (κ3) is 4.52. The molecule has 0 fully saturated rings. The predicted molar refractivity (Wildman–Crippen MR) is 135 cm³/mol. The van der Waals surface area contributed by atoms with Crippen molar-refractivity contribution in [2.24, 2.45) is 0 Å². The number of aliphatic hydroxyl groups is 2. The van der Waals surface area contributed by atoms with Crippen molar-refractivity contribution >= 4 is 11.8 Å². The van der Waals surface area contributed by atoms with Gasteiger partial charge < -0.3 is 20.0 Å². The predicted octanol–water partition coefficient (Wildman–Crippen LogP) is 4.67. The molecule has 6 nitrogen and oxygen atoms in total. The van der Waals surface area contributed by atoms with Crippen LogP contribution >= 0.6 is 0 Å². The summed E-state index contributed by atoms with van der Waals surface area (Å²) in [6.45, 7) is 0.852. The lowest BCUT2D eigenvalue weighted by molar-refractivity contribution is 0.0130. The van der Waals surface area contributed by atoms with Crippen LogP contribution < -0.4 is 0 Å². The molecule has 2 aliphatic heterocycles. The number of aliphatic hydroxyl groups excluding tert-OH is 2. The van der Waals surface area contributed by atoms with Gasteiger partial charge in [0.25, 0.3) is 11.8 Å². The van der Waals surface area contributed by atoms with Crippen molar-refractivity contribution in [1.82, 2.24) is 9.80 Å². The lowest BCUT2D eigenvalue weighted by atomic mass is 10.1. The highest BCUT2D eigenvalue weighted by Crippen LogP contribution is 2.33. The number of carbonyl (C=O) groups is 2. The summed E-state index contributed by atoms with van der Waals surface area (Å²) in [7, 11) is 0. The van der Waals surface area contributed by atoms with Crippen molar-refractivity contribution < 1.29 is 19.8 Å². The summed E-state index contributed by atoms with van der Waals surface area (Å²) >= 11 is 0. The molecule has 4 aromatic rings. The Labute approximate surface area is 209 Å². The number of carbonyl (C=O) groups excluding carboxylic acids is 2. The molecule has 0 saturated carbocycles. The lowest BCUT2D eigenvalue weighted by Crippen LogP contribution is -2.27. The van der Waals surface area contributed by atoms with Crippen LogP contribution in [0.15, 0.2) is 109 Å². The zero-order chi connectivity index (χ0) is 25.1. The SMILES string of the molecule is O=C1c2ccccc2C(O)N1Cc1ccccc1.O=C1c2ccccc2C(O)N1Cc1ccccc1. The largest absolute Gasteiger partial charge is 0.369 e. The van der Waals surface area contributed by atoms with Gasteiger partial charge in [-0.1, -0.05) is 97.1 Å². The summed E-state index contributed by atoms with van der Waals surface area (Å²) in [4.78, 5) is 27.3. The van der Waals surface area contributed by atoms with Crippen molar-refractivity contribution in [3.8, 4) is 0 Å². The van der Waals surface area contributed by atoms with Gasteiger partial charge in [-0.05, 0) is 23.3 Å². The van der Waals surface area contributed by atoms with E-state index in [2.05, 4.69) is 0 Å². The topological polar surface area (TPSA) is 81.1 Å². The smallest absolute Gasteiger partial charge is 0.256 e. The minimum Gasteiger partial charge on any atom is -0.369 e. The van der Waals surface area contributed by atoms with Crippen LogP contribution in [0, 0.1) is 0 Å². The molecule has 0 bridgehead atoms. The van der Waals surface area contributed by atoms with Gasteiger partial charge in [-0.25, -0.2) is 0 Å². The molecule has 2 heterocycles. The van der Waals surface area contributed by atoms with E-state index in [4.69, 9.17) is 0 Å². The van der Waals surface area contributed by atoms with E-state index in [0.29, 0.717) is 35.3 Å². The van der Waals surface area contributed by atoms with E-state index in [0.717, 1.165) is 11.1 Å². The van der Waals surface area contributed by atoms with Crippen LogP contribution in [-0.2, 0) is 13.1 Å². The molecule has 0 aromatic heterocycles. The molecule has 6 rings (SSSR count). The summed E-state index contributed by atoms with van der Waals surface area (Å²) in [6.07, 6.45) is -1.68. The van der Waals surface area contributed by atoms with Crippen molar-refractivity contribution in [2.45, 2.75) is 25.5 Å². The number of fused-ring (bicyclic) bond motifs is 2. The van der Waals surface area contributed by atoms with Gasteiger partial charge in [0.1, 0.15) is 0 Å². The monoisotopic (exact) mass is 478 g/mol. The van der Waals surface area contributed by atoms with Gasteiger partial charge in [-0.3, -0.25) is 9.59 Å². The van der Waals surface area contributed by atoms with Crippen LogP contribution in [-0.4, -0.2) is 31.8 Å². The number of amides is 2. The van der Waals surface area contributed by atoms with E-state index in [1.54, 1.807) is 24.3 Å².